The van der Waals surface area contributed by atoms with Crippen LogP contribution in [0.15, 0.2) is 255 Å². The van der Waals surface area contributed by atoms with Gasteiger partial charge in [0.1, 0.15) is 0 Å². The number of benzene rings is 10. The Morgan fingerprint density at radius 3 is 0.889 bits per heavy atom. The molecule has 72 heavy (non-hydrogen) atoms. The first-order valence-corrected chi connectivity index (χ1v) is 24.8. The van der Waals surface area contributed by atoms with E-state index in [4.69, 9.17) is 0 Å². The molecule has 0 N–H and O–H groups in total. The summed E-state index contributed by atoms with van der Waals surface area (Å²) in [5.74, 6) is 0. The van der Waals surface area contributed by atoms with Crippen LogP contribution in [0.1, 0.15) is 22.3 Å². The Labute approximate surface area is 422 Å². The van der Waals surface area contributed by atoms with E-state index in [0.717, 1.165) is 45.5 Å². The van der Waals surface area contributed by atoms with Gasteiger partial charge in [0.25, 0.3) is 0 Å². The minimum atomic E-state index is 1.10. The van der Waals surface area contributed by atoms with E-state index in [1.165, 1.54) is 77.7 Å². The van der Waals surface area contributed by atoms with Gasteiger partial charge in [0.15, 0.2) is 0 Å². The fourth-order valence-corrected chi connectivity index (χ4v) is 10.6. The molecular weight excluding hydrogens is 873 g/mol. The summed E-state index contributed by atoms with van der Waals surface area (Å²) in [4.78, 5) is 4.65. The van der Waals surface area contributed by atoms with Crippen LogP contribution in [0.5, 0.6) is 0 Å². The number of fused-ring (bicyclic) bond motifs is 2. The van der Waals surface area contributed by atoms with E-state index in [2.05, 4.69) is 301 Å². The van der Waals surface area contributed by atoms with Crippen molar-refractivity contribution in [2.45, 2.75) is 27.7 Å². The number of para-hydroxylation sites is 2. The minimum Gasteiger partial charge on any atom is -0.311 e. The lowest BCUT2D eigenvalue weighted by Crippen LogP contribution is -2.10. The highest BCUT2D eigenvalue weighted by atomic mass is 15.1. The predicted molar refractivity (Wildman–Crippen MR) is 305 cm³/mol. The topological polar surface area (TPSA) is 16.3 Å². The molecule has 0 aliphatic heterocycles. The maximum Gasteiger partial charge on any atom is 0.0570 e. The Morgan fingerprint density at radius 1 is 0.264 bits per heavy atom. The number of nitrogens with zero attached hydrogens (tertiary/aromatic N) is 4. The summed E-state index contributed by atoms with van der Waals surface area (Å²) in [6.45, 7) is 8.82. The van der Waals surface area contributed by atoms with E-state index < -0.39 is 0 Å². The van der Waals surface area contributed by atoms with Gasteiger partial charge in [0.2, 0.25) is 0 Å². The molecule has 0 aliphatic rings. The van der Waals surface area contributed by atoms with E-state index in [1.807, 2.05) is 0 Å². The molecule has 346 valence electrons. The van der Waals surface area contributed by atoms with Crippen molar-refractivity contribution in [2.24, 2.45) is 0 Å². The summed E-state index contributed by atoms with van der Waals surface area (Å²) < 4.78 is 4.88. The molecule has 0 saturated heterocycles. The molecule has 0 atom stereocenters. The van der Waals surface area contributed by atoms with E-state index in [1.54, 1.807) is 0 Å². The average molecular weight is 927 g/mol. The van der Waals surface area contributed by atoms with E-state index in [0.29, 0.717) is 0 Å². The highest BCUT2D eigenvalue weighted by molar-refractivity contribution is 5.99. The SMILES string of the molecule is Cc1ccc(N(c2ccccc2)c2ccc(-n3c(-c4ccccc4)c(C)c4cc(-c5ccc6c(c5)c(C)c(-c5ccccc5)n6-c5ccc(N(c6ccccc6)c6ccc(C)cc6)cc5)ccc43)cc2)cc1. The van der Waals surface area contributed by atoms with Crippen molar-refractivity contribution in [1.29, 1.82) is 0 Å². The summed E-state index contributed by atoms with van der Waals surface area (Å²) in [5, 5.41) is 2.46. The highest BCUT2D eigenvalue weighted by Crippen LogP contribution is 2.43. The summed E-state index contributed by atoms with van der Waals surface area (Å²) in [6, 6.07) is 92.5. The highest BCUT2D eigenvalue weighted by Gasteiger charge is 2.22. The molecule has 0 spiro atoms. The molecule has 0 aliphatic carbocycles. The molecular formula is C68H54N4. The molecule has 0 saturated carbocycles. The van der Waals surface area contributed by atoms with Crippen LogP contribution in [0.25, 0.3) is 66.8 Å². The minimum absolute atomic E-state index is 1.10. The first kappa shape index (κ1) is 44.1. The van der Waals surface area contributed by atoms with Crippen LogP contribution >= 0.6 is 0 Å². The Hall–Kier alpha value is -9.12. The maximum atomic E-state index is 2.44. The molecule has 0 unspecified atom stereocenters. The molecule has 2 heterocycles. The van der Waals surface area contributed by atoms with Gasteiger partial charge < -0.3 is 18.9 Å². The zero-order valence-corrected chi connectivity index (χ0v) is 41.0. The lowest BCUT2D eigenvalue weighted by molar-refractivity contribution is 1.12. The fraction of sp³-hybridized carbons (Fsp3) is 0.0588. The molecule has 0 bridgehead atoms. The van der Waals surface area contributed by atoms with Crippen LogP contribution in [0.4, 0.5) is 34.1 Å². The van der Waals surface area contributed by atoms with Crippen molar-refractivity contribution in [3.8, 4) is 45.0 Å². The van der Waals surface area contributed by atoms with E-state index in [-0.39, 0.29) is 0 Å². The first-order chi connectivity index (χ1) is 35.4. The van der Waals surface area contributed by atoms with Gasteiger partial charge in [0.05, 0.1) is 22.4 Å². The Balaban J connectivity index is 0.952. The number of rotatable bonds is 11. The monoisotopic (exact) mass is 926 g/mol. The van der Waals surface area contributed by atoms with Crippen molar-refractivity contribution < 1.29 is 0 Å². The lowest BCUT2D eigenvalue weighted by atomic mass is 9.99. The third-order valence-corrected chi connectivity index (χ3v) is 14.2. The summed E-state index contributed by atoms with van der Waals surface area (Å²) in [6.07, 6.45) is 0. The van der Waals surface area contributed by atoms with Gasteiger partial charge in [-0.1, -0.05) is 145 Å². The number of anilines is 6. The first-order valence-electron chi connectivity index (χ1n) is 24.8. The second-order valence-electron chi connectivity index (χ2n) is 18.9. The lowest BCUT2D eigenvalue weighted by Gasteiger charge is -2.26. The largest absolute Gasteiger partial charge is 0.311 e. The molecule has 0 amide bonds. The van der Waals surface area contributed by atoms with Crippen LogP contribution < -0.4 is 9.80 Å². The zero-order valence-electron chi connectivity index (χ0n) is 41.0. The van der Waals surface area contributed by atoms with E-state index >= 15 is 0 Å². The van der Waals surface area contributed by atoms with Crippen molar-refractivity contribution in [1.82, 2.24) is 9.13 Å². The van der Waals surface area contributed by atoms with Crippen LogP contribution in [0.3, 0.4) is 0 Å². The smallest absolute Gasteiger partial charge is 0.0570 e. The summed E-state index contributed by atoms with van der Waals surface area (Å²) in [7, 11) is 0. The molecule has 4 heteroatoms. The average Bonchev–Trinajstić information content (AvgIpc) is 3.90. The van der Waals surface area contributed by atoms with Gasteiger partial charge in [-0.2, -0.15) is 0 Å². The third-order valence-electron chi connectivity index (χ3n) is 14.2. The summed E-state index contributed by atoms with van der Waals surface area (Å²) in [5.41, 5.74) is 23.4. The standard InChI is InChI=1S/C68H54N4/c1-47-25-31-57(32-26-47)69(55-21-13-7-14-22-55)59-35-39-61(40-36-59)71-65-43-29-53(45-63(65)49(3)67(71)51-17-9-5-10-18-51)54-30-44-66-64(46-54)50(4)68(52-19-11-6-12-20-52)72(66)62-41-37-60(38-42-62)70(56-23-15-8-16-24-56)58-33-27-48(2)28-34-58/h5-46H,1-4H3. The number of aromatic nitrogens is 2. The Morgan fingerprint density at radius 2 is 0.556 bits per heavy atom. The number of hydrogen-bond donors (Lipinski definition) is 0. The maximum absolute atomic E-state index is 2.44. The van der Waals surface area contributed by atoms with Gasteiger partial charge in [0, 0.05) is 56.3 Å². The van der Waals surface area contributed by atoms with Crippen LogP contribution in [-0.4, -0.2) is 9.13 Å². The summed E-state index contributed by atoms with van der Waals surface area (Å²) >= 11 is 0. The number of aryl methyl sites for hydroxylation is 4. The third kappa shape index (κ3) is 8.03. The van der Waals surface area contributed by atoms with Crippen molar-refractivity contribution in [3.05, 3.63) is 277 Å². The molecule has 12 rings (SSSR count). The van der Waals surface area contributed by atoms with Gasteiger partial charge in [-0.05, 0) is 182 Å². The fourth-order valence-electron chi connectivity index (χ4n) is 10.6. The van der Waals surface area contributed by atoms with Gasteiger partial charge in [-0.25, -0.2) is 0 Å². The normalized spacial score (nSPS) is 11.3. The van der Waals surface area contributed by atoms with Crippen LogP contribution in [-0.2, 0) is 0 Å². The number of hydrogen-bond acceptors (Lipinski definition) is 2. The van der Waals surface area contributed by atoms with E-state index in [9.17, 15) is 0 Å². The van der Waals surface area contributed by atoms with Gasteiger partial charge >= 0.3 is 0 Å². The van der Waals surface area contributed by atoms with Crippen LogP contribution in [0.2, 0.25) is 0 Å². The predicted octanol–water partition coefficient (Wildman–Crippen LogP) is 18.7. The van der Waals surface area contributed by atoms with Crippen molar-refractivity contribution in [2.75, 3.05) is 9.80 Å². The molecule has 12 aromatic rings. The molecule has 4 nitrogen and oxygen atoms in total. The second kappa shape index (κ2) is 18.7. The van der Waals surface area contributed by atoms with Gasteiger partial charge in [-0.15, -0.1) is 0 Å². The molecule has 0 fully saturated rings. The Bertz CT molecular complexity index is 3580. The van der Waals surface area contributed by atoms with Gasteiger partial charge in [-0.3, -0.25) is 0 Å². The van der Waals surface area contributed by atoms with Crippen molar-refractivity contribution >= 4 is 55.9 Å². The molecule has 2 aromatic heterocycles. The molecule has 0 radical (unpaired) electrons. The molecule has 10 aromatic carbocycles. The van der Waals surface area contributed by atoms with Crippen molar-refractivity contribution in [3.63, 3.8) is 0 Å². The quantitative estimate of drug-likeness (QED) is 0.129. The van der Waals surface area contributed by atoms with Crippen LogP contribution in [0, 0.1) is 27.7 Å². The second-order valence-corrected chi connectivity index (χ2v) is 18.9. The Kier molecular flexibility index (Phi) is 11.4. The zero-order chi connectivity index (χ0) is 48.7.